The smallest absolute Gasteiger partial charge is 0.164 e. The van der Waals surface area contributed by atoms with Crippen molar-refractivity contribution >= 4 is 54.3 Å². The molecule has 0 bridgehead atoms. The first-order valence-corrected chi connectivity index (χ1v) is 18.5. The third-order valence-corrected chi connectivity index (χ3v) is 10.7. The van der Waals surface area contributed by atoms with E-state index in [0.29, 0.717) is 17.5 Å². The third-order valence-electron chi connectivity index (χ3n) is 10.7. The molecule has 0 spiro atoms. The Morgan fingerprint density at radius 2 is 0.855 bits per heavy atom. The molecule has 2 aromatic heterocycles. The molecule has 0 radical (unpaired) electrons. The van der Waals surface area contributed by atoms with Crippen molar-refractivity contribution in [3.8, 4) is 56.4 Å². The van der Waals surface area contributed by atoms with Gasteiger partial charge >= 0.3 is 0 Å². The van der Waals surface area contributed by atoms with Crippen LogP contribution in [0.4, 0.5) is 0 Å². The minimum atomic E-state index is 0.632. The summed E-state index contributed by atoms with van der Waals surface area (Å²) in [6, 6.07) is 65.8. The molecule has 0 saturated carbocycles. The van der Waals surface area contributed by atoms with Gasteiger partial charge in [-0.25, -0.2) is 15.0 Å². The van der Waals surface area contributed by atoms with Crippen LogP contribution in [-0.2, 0) is 0 Å². The third kappa shape index (κ3) is 5.34. The number of hydrogen-bond donors (Lipinski definition) is 0. The lowest BCUT2D eigenvalue weighted by molar-refractivity contribution is 0.670. The van der Waals surface area contributed by atoms with Crippen molar-refractivity contribution in [3.63, 3.8) is 0 Å². The lowest BCUT2D eigenvalue weighted by Crippen LogP contribution is -2.00. The number of rotatable bonds is 5. The van der Waals surface area contributed by atoms with Crippen molar-refractivity contribution in [2.45, 2.75) is 0 Å². The molecule has 4 nitrogen and oxygen atoms in total. The van der Waals surface area contributed by atoms with Gasteiger partial charge in [-0.3, -0.25) is 0 Å². The Hall–Kier alpha value is -7.43. The summed E-state index contributed by atoms with van der Waals surface area (Å²) >= 11 is 0. The second kappa shape index (κ2) is 12.6. The highest BCUT2D eigenvalue weighted by Gasteiger charge is 2.19. The standard InChI is InChI=1S/C51H31N3O/c1-3-14-33(15-4-1)44-29-39(30-46-45-28-36-19-9-10-20-37(36)31-47(45)55-48(44)46)40-25-26-43(42-22-12-11-21-41(40)42)51-53-49(34-16-5-2-6-17-34)52-50(54-51)38-24-23-32-13-7-8-18-35(32)27-38/h1-31H. The molecule has 0 aliphatic heterocycles. The summed E-state index contributed by atoms with van der Waals surface area (Å²) in [5.41, 5.74) is 9.02. The second-order valence-corrected chi connectivity index (χ2v) is 14.0. The molecule has 0 atom stereocenters. The topological polar surface area (TPSA) is 51.8 Å². The van der Waals surface area contributed by atoms with Crippen LogP contribution in [0.15, 0.2) is 192 Å². The molecule has 0 N–H and O–H groups in total. The van der Waals surface area contributed by atoms with Crippen LogP contribution >= 0.6 is 0 Å². The molecule has 9 aromatic carbocycles. The number of furan rings is 1. The van der Waals surface area contributed by atoms with Gasteiger partial charge in [0.15, 0.2) is 17.5 Å². The molecule has 11 rings (SSSR count). The fourth-order valence-electron chi connectivity index (χ4n) is 7.97. The van der Waals surface area contributed by atoms with Gasteiger partial charge in [0.25, 0.3) is 0 Å². The minimum Gasteiger partial charge on any atom is -0.455 e. The number of fused-ring (bicyclic) bond motifs is 6. The molecule has 2 heterocycles. The van der Waals surface area contributed by atoms with E-state index in [1.807, 2.05) is 30.3 Å². The summed E-state index contributed by atoms with van der Waals surface area (Å²) in [6.45, 7) is 0. The van der Waals surface area contributed by atoms with E-state index >= 15 is 0 Å². The highest BCUT2D eigenvalue weighted by Crippen LogP contribution is 2.43. The fourth-order valence-corrected chi connectivity index (χ4v) is 7.97. The fraction of sp³-hybridized carbons (Fsp3) is 0. The van der Waals surface area contributed by atoms with Gasteiger partial charge in [-0.1, -0.05) is 152 Å². The van der Waals surface area contributed by atoms with Crippen LogP contribution in [0, 0.1) is 0 Å². The maximum Gasteiger partial charge on any atom is 0.164 e. The Balaban J connectivity index is 1.13. The van der Waals surface area contributed by atoms with Gasteiger partial charge in [-0.15, -0.1) is 0 Å². The molecular weight excluding hydrogens is 671 g/mol. The van der Waals surface area contributed by atoms with E-state index in [1.54, 1.807) is 0 Å². The Bertz CT molecular complexity index is 3260. The lowest BCUT2D eigenvalue weighted by atomic mass is 9.91. The molecule has 0 saturated heterocycles. The van der Waals surface area contributed by atoms with Crippen molar-refractivity contribution in [1.29, 1.82) is 0 Å². The van der Waals surface area contributed by atoms with E-state index < -0.39 is 0 Å². The summed E-state index contributed by atoms with van der Waals surface area (Å²) in [4.78, 5) is 15.3. The summed E-state index contributed by atoms with van der Waals surface area (Å²) < 4.78 is 6.70. The van der Waals surface area contributed by atoms with Crippen molar-refractivity contribution in [1.82, 2.24) is 15.0 Å². The zero-order valence-electron chi connectivity index (χ0n) is 29.6. The van der Waals surface area contributed by atoms with Crippen LogP contribution in [-0.4, -0.2) is 15.0 Å². The normalized spacial score (nSPS) is 11.6. The number of aromatic nitrogens is 3. The molecule has 11 aromatic rings. The van der Waals surface area contributed by atoms with Gasteiger partial charge < -0.3 is 4.42 Å². The molecule has 0 amide bonds. The molecule has 4 heteroatoms. The number of nitrogens with zero attached hydrogens (tertiary/aromatic N) is 3. The maximum atomic E-state index is 6.70. The average molecular weight is 702 g/mol. The van der Waals surface area contributed by atoms with Gasteiger partial charge in [0.1, 0.15) is 11.2 Å². The van der Waals surface area contributed by atoms with E-state index in [1.165, 1.54) is 10.8 Å². The average Bonchev–Trinajstić information content (AvgIpc) is 3.62. The first kappa shape index (κ1) is 31.1. The van der Waals surface area contributed by atoms with Crippen molar-refractivity contribution in [2.75, 3.05) is 0 Å². The van der Waals surface area contributed by atoms with Crippen LogP contribution in [0.3, 0.4) is 0 Å². The number of benzene rings is 9. The second-order valence-electron chi connectivity index (χ2n) is 14.0. The van der Waals surface area contributed by atoms with Gasteiger partial charge in [0, 0.05) is 33.0 Å². The summed E-state index contributed by atoms with van der Waals surface area (Å²) in [6.07, 6.45) is 0. The van der Waals surface area contributed by atoms with E-state index in [-0.39, 0.29) is 0 Å². The van der Waals surface area contributed by atoms with Crippen LogP contribution in [0.5, 0.6) is 0 Å². The van der Waals surface area contributed by atoms with Gasteiger partial charge in [0.05, 0.1) is 0 Å². The predicted molar refractivity (Wildman–Crippen MR) is 227 cm³/mol. The maximum absolute atomic E-state index is 6.70. The van der Waals surface area contributed by atoms with Crippen molar-refractivity contribution in [2.24, 2.45) is 0 Å². The van der Waals surface area contributed by atoms with E-state index in [0.717, 1.165) is 82.4 Å². The molecule has 55 heavy (non-hydrogen) atoms. The van der Waals surface area contributed by atoms with Gasteiger partial charge in [-0.05, 0) is 85.4 Å². The Morgan fingerprint density at radius 1 is 0.291 bits per heavy atom. The first-order valence-electron chi connectivity index (χ1n) is 18.5. The lowest BCUT2D eigenvalue weighted by Gasteiger charge is -2.14. The molecule has 0 aliphatic carbocycles. The van der Waals surface area contributed by atoms with Gasteiger partial charge in [-0.2, -0.15) is 0 Å². The Labute approximate surface area is 317 Å². The number of hydrogen-bond acceptors (Lipinski definition) is 4. The van der Waals surface area contributed by atoms with Crippen LogP contribution < -0.4 is 0 Å². The molecule has 256 valence electrons. The van der Waals surface area contributed by atoms with Crippen LogP contribution in [0.1, 0.15) is 0 Å². The highest BCUT2D eigenvalue weighted by atomic mass is 16.3. The summed E-state index contributed by atoms with van der Waals surface area (Å²) in [5.74, 6) is 1.91. The molecular formula is C51H31N3O. The monoisotopic (exact) mass is 701 g/mol. The first-order chi connectivity index (χ1) is 27.2. The Morgan fingerprint density at radius 3 is 1.60 bits per heavy atom. The van der Waals surface area contributed by atoms with Crippen molar-refractivity contribution in [3.05, 3.63) is 188 Å². The molecule has 0 fully saturated rings. The van der Waals surface area contributed by atoms with Crippen LogP contribution in [0.2, 0.25) is 0 Å². The summed E-state index contributed by atoms with van der Waals surface area (Å²) in [5, 5.41) is 9.05. The summed E-state index contributed by atoms with van der Waals surface area (Å²) in [7, 11) is 0. The Kier molecular flexibility index (Phi) is 7.14. The van der Waals surface area contributed by atoms with E-state index in [4.69, 9.17) is 19.4 Å². The van der Waals surface area contributed by atoms with Gasteiger partial charge in [0.2, 0.25) is 0 Å². The molecule has 0 aliphatic rings. The zero-order valence-corrected chi connectivity index (χ0v) is 29.6. The van der Waals surface area contributed by atoms with E-state index in [9.17, 15) is 0 Å². The SMILES string of the molecule is c1ccc(-c2nc(-c3ccc4ccccc4c3)nc(-c3ccc(-c4cc(-c5ccccc5)c5oc6cc7ccccc7cc6c5c4)c4ccccc34)n2)cc1. The zero-order chi connectivity index (χ0) is 36.3. The highest BCUT2D eigenvalue weighted by molar-refractivity contribution is 6.15. The molecule has 0 unspecified atom stereocenters. The van der Waals surface area contributed by atoms with Crippen LogP contribution in [0.25, 0.3) is 111 Å². The quantitative estimate of drug-likeness (QED) is 0.179. The predicted octanol–water partition coefficient (Wildman–Crippen LogP) is 13.6. The largest absolute Gasteiger partial charge is 0.455 e. The van der Waals surface area contributed by atoms with E-state index in [2.05, 4.69) is 158 Å². The minimum absolute atomic E-state index is 0.632. The van der Waals surface area contributed by atoms with Crippen molar-refractivity contribution < 1.29 is 4.42 Å².